The number of hydrogen-bond donors (Lipinski definition) is 1. The summed E-state index contributed by atoms with van der Waals surface area (Å²) in [5.41, 5.74) is 6.65. The summed E-state index contributed by atoms with van der Waals surface area (Å²) >= 11 is 0. The normalized spacial score (nSPS) is 19.5. The van der Waals surface area contributed by atoms with Crippen molar-refractivity contribution < 1.29 is 9.53 Å². The summed E-state index contributed by atoms with van der Waals surface area (Å²) in [7, 11) is 0.641. The molecule has 2 N–H and O–H groups in total. The van der Waals surface area contributed by atoms with Crippen molar-refractivity contribution in [2.75, 3.05) is 20.2 Å². The van der Waals surface area contributed by atoms with Gasteiger partial charge in [0.1, 0.15) is 0 Å². The number of carbonyl (C=O) groups is 1. The first-order chi connectivity index (χ1) is 10.1. The second-order valence-corrected chi connectivity index (χ2v) is 14.3. The maximum absolute atomic E-state index is 12.0. The van der Waals surface area contributed by atoms with Gasteiger partial charge in [-0.1, -0.05) is 45.8 Å². The van der Waals surface area contributed by atoms with Crippen LogP contribution < -0.4 is 5.73 Å². The number of amides is 1. The Kier molecular flexibility index (Phi) is 7.39. The van der Waals surface area contributed by atoms with Gasteiger partial charge in [0.25, 0.3) is 0 Å². The molecule has 1 amide bonds. The predicted molar refractivity (Wildman–Crippen MR) is 95.9 cm³/mol. The number of ether oxygens (including phenoxy) is 1. The number of carbonyl (C=O) groups excluding carboxylic acids is 1. The Balaban J connectivity index is 2.30. The minimum absolute atomic E-state index is 0.0395. The molecule has 1 saturated carbocycles. The molecule has 0 aromatic carbocycles. The van der Waals surface area contributed by atoms with Crippen LogP contribution in [0.4, 0.5) is 4.79 Å². The van der Waals surface area contributed by atoms with E-state index in [1.165, 1.54) is 32.1 Å². The van der Waals surface area contributed by atoms with Gasteiger partial charge in [-0.15, -0.1) is 0 Å². The minimum Gasteiger partial charge on any atom is -0.450 e. The molecule has 0 heterocycles. The molecule has 4 nitrogen and oxygen atoms in total. The molecular formula is C17H36N2O2Si. The average molecular weight is 329 g/mol. The van der Waals surface area contributed by atoms with Gasteiger partial charge in [0.15, 0.2) is 0 Å². The molecule has 0 aromatic rings. The fraction of sp³-hybridized carbons (Fsp3) is 0.941. The third-order valence-electron chi connectivity index (χ3n) is 4.71. The van der Waals surface area contributed by atoms with E-state index < -0.39 is 8.07 Å². The number of hydrogen-bond acceptors (Lipinski definition) is 3. The monoisotopic (exact) mass is 328 g/mol. The van der Waals surface area contributed by atoms with Crippen molar-refractivity contribution in [3.8, 4) is 0 Å². The van der Waals surface area contributed by atoms with E-state index in [0.717, 1.165) is 12.5 Å². The number of likely N-dealkylation sites (N-methyl/N-ethyl adjacent to an activating group) is 1. The van der Waals surface area contributed by atoms with Crippen LogP contribution in [-0.4, -0.2) is 45.3 Å². The Morgan fingerprint density at radius 3 is 2.41 bits per heavy atom. The second-order valence-electron chi connectivity index (χ2n) is 8.64. The predicted octanol–water partition coefficient (Wildman–Crippen LogP) is 4.08. The van der Waals surface area contributed by atoms with Crippen molar-refractivity contribution in [1.29, 1.82) is 0 Å². The van der Waals surface area contributed by atoms with Gasteiger partial charge in [-0.3, -0.25) is 0 Å². The molecule has 0 spiro atoms. The average Bonchev–Trinajstić information content (AvgIpc) is 2.36. The first kappa shape index (κ1) is 19.5. The molecule has 1 rings (SSSR count). The van der Waals surface area contributed by atoms with E-state index >= 15 is 0 Å². The standard InChI is InChI=1S/C17H36N2O2Si/c1-17(9-7-6-8-10-17)13-15(18)14-19(2)16(20)21-11-12-22(3,4)5/h15H,6-14,18H2,1-5H3. The van der Waals surface area contributed by atoms with Crippen LogP contribution in [0.25, 0.3) is 0 Å². The highest BCUT2D eigenvalue weighted by molar-refractivity contribution is 6.76. The lowest BCUT2D eigenvalue weighted by Gasteiger charge is -2.36. The molecule has 1 aliphatic carbocycles. The van der Waals surface area contributed by atoms with Gasteiger partial charge >= 0.3 is 6.09 Å². The molecule has 1 fully saturated rings. The van der Waals surface area contributed by atoms with Crippen molar-refractivity contribution in [2.45, 2.75) is 77.2 Å². The molecule has 1 unspecified atom stereocenters. The Labute approximate surface area is 137 Å². The van der Waals surface area contributed by atoms with Gasteiger partial charge in [-0.2, -0.15) is 0 Å². The minimum atomic E-state index is -1.15. The molecule has 0 radical (unpaired) electrons. The highest BCUT2D eigenvalue weighted by Gasteiger charge is 2.29. The van der Waals surface area contributed by atoms with E-state index in [2.05, 4.69) is 26.6 Å². The van der Waals surface area contributed by atoms with Gasteiger partial charge in [0.2, 0.25) is 0 Å². The summed E-state index contributed by atoms with van der Waals surface area (Å²) in [5, 5.41) is 0. The quantitative estimate of drug-likeness (QED) is 0.716. The van der Waals surface area contributed by atoms with Crippen molar-refractivity contribution in [3.63, 3.8) is 0 Å². The number of nitrogens with two attached hydrogens (primary N) is 1. The van der Waals surface area contributed by atoms with Gasteiger partial charge in [-0.25, -0.2) is 4.79 Å². The van der Waals surface area contributed by atoms with Crippen LogP contribution in [0, 0.1) is 5.41 Å². The Bertz CT molecular complexity index is 349. The molecule has 0 saturated heterocycles. The van der Waals surface area contributed by atoms with Crippen molar-refractivity contribution in [1.82, 2.24) is 4.90 Å². The van der Waals surface area contributed by atoms with Gasteiger partial charge in [-0.05, 0) is 30.7 Å². The van der Waals surface area contributed by atoms with E-state index in [9.17, 15) is 4.79 Å². The summed E-state index contributed by atoms with van der Waals surface area (Å²) in [5.74, 6) is 0. The van der Waals surface area contributed by atoms with Crippen molar-refractivity contribution in [3.05, 3.63) is 0 Å². The number of rotatable bonds is 7. The zero-order chi connectivity index (χ0) is 16.8. The summed E-state index contributed by atoms with van der Waals surface area (Å²) in [6.45, 7) is 10.3. The zero-order valence-electron chi connectivity index (χ0n) is 15.3. The summed E-state index contributed by atoms with van der Waals surface area (Å²) in [6.07, 6.45) is 7.29. The lowest BCUT2D eigenvalue weighted by molar-refractivity contribution is 0.108. The molecule has 0 aliphatic heterocycles. The highest BCUT2D eigenvalue weighted by atomic mass is 28.3. The van der Waals surface area contributed by atoms with Crippen LogP contribution in [0.3, 0.4) is 0 Å². The van der Waals surface area contributed by atoms with E-state index in [1.54, 1.807) is 11.9 Å². The maximum atomic E-state index is 12.0. The van der Waals surface area contributed by atoms with Gasteiger partial charge in [0, 0.05) is 27.7 Å². The molecule has 0 bridgehead atoms. The Morgan fingerprint density at radius 1 is 1.27 bits per heavy atom. The van der Waals surface area contributed by atoms with Crippen LogP contribution in [0.1, 0.15) is 45.4 Å². The molecule has 1 aliphatic rings. The lowest BCUT2D eigenvalue weighted by atomic mass is 9.72. The first-order valence-corrected chi connectivity index (χ1v) is 12.5. The maximum Gasteiger partial charge on any atom is 0.409 e. The third kappa shape index (κ3) is 7.63. The van der Waals surface area contributed by atoms with E-state index in [4.69, 9.17) is 10.5 Å². The molecule has 22 heavy (non-hydrogen) atoms. The van der Waals surface area contributed by atoms with Gasteiger partial charge < -0.3 is 15.4 Å². The lowest BCUT2D eigenvalue weighted by Crippen LogP contribution is -2.42. The smallest absolute Gasteiger partial charge is 0.409 e. The Hall–Kier alpha value is -0.553. The molecule has 5 heteroatoms. The van der Waals surface area contributed by atoms with E-state index in [1.807, 2.05) is 0 Å². The molecule has 1 atom stereocenters. The summed E-state index contributed by atoms with van der Waals surface area (Å²) in [6, 6.07) is 1.05. The van der Waals surface area contributed by atoms with Crippen LogP contribution in [0.15, 0.2) is 0 Å². The summed E-state index contributed by atoms with van der Waals surface area (Å²) in [4.78, 5) is 13.6. The van der Waals surface area contributed by atoms with Crippen LogP contribution in [-0.2, 0) is 4.74 Å². The largest absolute Gasteiger partial charge is 0.450 e. The first-order valence-electron chi connectivity index (χ1n) is 8.75. The van der Waals surface area contributed by atoms with Crippen LogP contribution in [0.2, 0.25) is 25.7 Å². The van der Waals surface area contributed by atoms with Crippen LogP contribution in [0.5, 0.6) is 0 Å². The topological polar surface area (TPSA) is 55.6 Å². The molecular weight excluding hydrogens is 292 g/mol. The van der Waals surface area contributed by atoms with E-state index in [-0.39, 0.29) is 12.1 Å². The van der Waals surface area contributed by atoms with Crippen molar-refractivity contribution >= 4 is 14.2 Å². The fourth-order valence-electron chi connectivity index (χ4n) is 3.29. The van der Waals surface area contributed by atoms with Gasteiger partial charge in [0.05, 0.1) is 6.61 Å². The highest BCUT2D eigenvalue weighted by Crippen LogP contribution is 2.39. The number of nitrogens with zero attached hydrogens (tertiary/aromatic N) is 1. The Morgan fingerprint density at radius 2 is 1.86 bits per heavy atom. The second kappa shape index (κ2) is 8.34. The summed E-state index contributed by atoms with van der Waals surface area (Å²) < 4.78 is 5.36. The van der Waals surface area contributed by atoms with Crippen molar-refractivity contribution in [2.24, 2.45) is 11.1 Å². The van der Waals surface area contributed by atoms with Crippen LogP contribution >= 0.6 is 0 Å². The molecule has 130 valence electrons. The fourth-order valence-corrected chi connectivity index (χ4v) is 4.00. The SMILES string of the molecule is CN(CC(N)CC1(C)CCCCC1)C(=O)OCC[Si](C)(C)C. The zero-order valence-corrected chi connectivity index (χ0v) is 16.3. The van der Waals surface area contributed by atoms with E-state index in [0.29, 0.717) is 18.6 Å². The molecule has 0 aromatic heterocycles. The third-order valence-corrected chi connectivity index (χ3v) is 6.42.